The number of phenolic OH excluding ortho intramolecular Hbond substituents is 3. The van der Waals surface area contributed by atoms with Gasteiger partial charge in [-0.05, 0) is 24.1 Å². The van der Waals surface area contributed by atoms with Crippen LogP contribution in [0.3, 0.4) is 0 Å². The number of carbonyl (C=O) groups is 1. The van der Waals surface area contributed by atoms with Crippen LogP contribution in [0.1, 0.15) is 20.7 Å². The van der Waals surface area contributed by atoms with Crippen LogP contribution in [-0.2, 0) is 0 Å². The lowest BCUT2D eigenvalue weighted by Crippen LogP contribution is -2.20. The predicted molar refractivity (Wildman–Crippen MR) is 101 cm³/mol. The van der Waals surface area contributed by atoms with Gasteiger partial charge in [-0.15, -0.1) is 11.3 Å². The first-order valence-corrected chi connectivity index (χ1v) is 9.19. The molecule has 6 N–H and O–H groups in total. The van der Waals surface area contributed by atoms with Gasteiger partial charge in [0.05, 0.1) is 11.3 Å². The molecule has 0 aliphatic carbocycles. The molecule has 0 aliphatic rings. The zero-order valence-corrected chi connectivity index (χ0v) is 14.9. The number of thiazole rings is 1. The molecule has 1 atom stereocenters. The first-order chi connectivity index (χ1) is 12.5. The summed E-state index contributed by atoms with van der Waals surface area (Å²) in [6.45, 7) is 0. The van der Waals surface area contributed by atoms with Crippen molar-refractivity contribution in [2.75, 3.05) is 0 Å². The van der Waals surface area contributed by atoms with Crippen molar-refractivity contribution in [2.24, 2.45) is 5.73 Å². The van der Waals surface area contributed by atoms with E-state index in [2.05, 4.69) is 9.71 Å². The lowest BCUT2D eigenvalue weighted by atomic mass is 10.1. The van der Waals surface area contributed by atoms with E-state index in [4.69, 9.17) is 5.73 Å². The fraction of sp³-hybridized carbons (Fsp3) is 0.0588. The highest BCUT2D eigenvalue weighted by Gasteiger charge is 2.19. The molecule has 3 aromatic rings. The van der Waals surface area contributed by atoms with Crippen LogP contribution < -0.4 is 10.5 Å². The average molecular weight is 389 g/mol. The van der Waals surface area contributed by atoms with Crippen LogP contribution in [0.4, 0.5) is 0 Å². The normalized spacial score (nSPS) is 11.9. The van der Waals surface area contributed by atoms with Crippen molar-refractivity contribution in [3.63, 3.8) is 0 Å². The molecule has 0 saturated heterocycles. The molecule has 0 aliphatic heterocycles. The maximum atomic E-state index is 12.1. The molecule has 7 nitrogen and oxygen atoms in total. The smallest absolute Gasteiger partial charge is 0.265 e. The van der Waals surface area contributed by atoms with Crippen LogP contribution in [0.25, 0.3) is 11.3 Å². The van der Waals surface area contributed by atoms with E-state index in [9.17, 15) is 20.1 Å². The molecule has 3 rings (SSSR count). The lowest BCUT2D eigenvalue weighted by Gasteiger charge is -2.11. The molecule has 1 heterocycles. The summed E-state index contributed by atoms with van der Waals surface area (Å²) in [4.78, 5) is 16.6. The number of aromatic nitrogens is 1. The number of hydrogen-bond acceptors (Lipinski definition) is 8. The van der Waals surface area contributed by atoms with Gasteiger partial charge >= 0.3 is 0 Å². The molecule has 134 valence electrons. The van der Waals surface area contributed by atoms with Gasteiger partial charge in [-0.25, -0.2) is 4.98 Å². The predicted octanol–water partition coefficient (Wildman–Crippen LogP) is 2.96. The number of carbonyl (C=O) groups excluding carboxylic acids is 1. The molecule has 1 aromatic heterocycles. The molecule has 0 fully saturated rings. The van der Waals surface area contributed by atoms with Crippen molar-refractivity contribution < 1.29 is 20.1 Å². The summed E-state index contributed by atoms with van der Waals surface area (Å²) >= 11 is 2.31. The maximum absolute atomic E-state index is 12.1. The fourth-order valence-corrected chi connectivity index (χ4v) is 3.65. The number of benzene rings is 2. The first-order valence-electron chi connectivity index (χ1n) is 7.43. The van der Waals surface area contributed by atoms with Gasteiger partial charge in [-0.1, -0.05) is 30.3 Å². The van der Waals surface area contributed by atoms with Crippen molar-refractivity contribution in [3.05, 3.63) is 58.4 Å². The summed E-state index contributed by atoms with van der Waals surface area (Å²) in [6.07, 6.45) is 0. The number of amides is 1. The fourth-order valence-electron chi connectivity index (χ4n) is 2.13. The van der Waals surface area contributed by atoms with E-state index in [0.29, 0.717) is 5.01 Å². The van der Waals surface area contributed by atoms with E-state index in [0.717, 1.165) is 29.3 Å². The molecule has 9 heteroatoms. The second-order valence-corrected chi connectivity index (χ2v) is 7.07. The van der Waals surface area contributed by atoms with Crippen molar-refractivity contribution in [1.82, 2.24) is 9.71 Å². The summed E-state index contributed by atoms with van der Waals surface area (Å²) in [5.74, 6) is -2.62. The highest BCUT2D eigenvalue weighted by atomic mass is 32.2. The maximum Gasteiger partial charge on any atom is 0.265 e. The summed E-state index contributed by atoms with van der Waals surface area (Å²) in [5.41, 5.74) is 7.65. The zero-order valence-electron chi connectivity index (χ0n) is 13.3. The van der Waals surface area contributed by atoms with E-state index < -0.39 is 28.5 Å². The minimum atomic E-state index is -0.751. The minimum absolute atomic E-state index is 0.177. The largest absolute Gasteiger partial charge is 0.504 e. The molecule has 0 radical (unpaired) electrons. The Hall–Kier alpha value is -2.75. The Morgan fingerprint density at radius 2 is 1.85 bits per heavy atom. The third-order valence-electron chi connectivity index (χ3n) is 3.49. The Balaban J connectivity index is 1.66. The van der Waals surface area contributed by atoms with Gasteiger partial charge in [-0.3, -0.25) is 9.52 Å². The Kier molecular flexibility index (Phi) is 5.31. The SMILES string of the molecule is NC(SNC(=O)c1ccc(O)c(O)c1O)c1nc(-c2ccccc2)cs1. The summed E-state index contributed by atoms with van der Waals surface area (Å²) in [6, 6.07) is 12.0. The van der Waals surface area contributed by atoms with Gasteiger partial charge in [0, 0.05) is 10.9 Å². The van der Waals surface area contributed by atoms with Gasteiger partial charge < -0.3 is 21.1 Å². The van der Waals surface area contributed by atoms with E-state index in [1.54, 1.807) is 0 Å². The quantitative estimate of drug-likeness (QED) is 0.258. The number of nitrogens with one attached hydrogen (secondary N) is 1. The summed E-state index contributed by atoms with van der Waals surface area (Å²) in [5, 5.41) is 30.4. The van der Waals surface area contributed by atoms with Gasteiger partial charge in [0.15, 0.2) is 11.5 Å². The Bertz CT molecular complexity index is 931. The number of rotatable bonds is 5. The van der Waals surface area contributed by atoms with Gasteiger partial charge in [0.25, 0.3) is 5.91 Å². The minimum Gasteiger partial charge on any atom is -0.504 e. The lowest BCUT2D eigenvalue weighted by molar-refractivity contribution is 0.0981. The van der Waals surface area contributed by atoms with Crippen LogP contribution in [-0.4, -0.2) is 26.2 Å². The standard InChI is InChI=1S/C17H15N3O4S2/c18-15(17-19-11(8-25-17)9-4-2-1-3-5-9)26-20-16(24)10-6-7-12(21)14(23)13(10)22/h1-8,15,21-23H,18H2,(H,20,24). The highest BCUT2D eigenvalue weighted by molar-refractivity contribution is 7.98. The van der Waals surface area contributed by atoms with Crippen LogP contribution in [0, 0.1) is 0 Å². The van der Waals surface area contributed by atoms with E-state index in [-0.39, 0.29) is 5.56 Å². The number of phenols is 3. The molecule has 2 aromatic carbocycles. The Labute approximate surface area is 157 Å². The van der Waals surface area contributed by atoms with Crippen molar-refractivity contribution in [3.8, 4) is 28.5 Å². The molecule has 0 bridgehead atoms. The van der Waals surface area contributed by atoms with E-state index >= 15 is 0 Å². The Morgan fingerprint density at radius 3 is 2.58 bits per heavy atom. The Morgan fingerprint density at radius 1 is 1.12 bits per heavy atom. The number of nitrogens with zero attached hydrogens (tertiary/aromatic N) is 1. The van der Waals surface area contributed by atoms with E-state index in [1.807, 2.05) is 35.7 Å². The van der Waals surface area contributed by atoms with E-state index in [1.165, 1.54) is 17.4 Å². The molecule has 0 spiro atoms. The van der Waals surface area contributed by atoms with Crippen LogP contribution in [0.5, 0.6) is 17.2 Å². The second-order valence-electron chi connectivity index (χ2n) is 5.24. The molecule has 1 unspecified atom stereocenters. The third kappa shape index (κ3) is 3.74. The summed E-state index contributed by atoms with van der Waals surface area (Å²) < 4.78 is 2.50. The average Bonchev–Trinajstić information content (AvgIpc) is 3.15. The summed E-state index contributed by atoms with van der Waals surface area (Å²) in [7, 11) is 0. The zero-order chi connectivity index (χ0) is 18.7. The first kappa shape index (κ1) is 18.1. The van der Waals surface area contributed by atoms with Crippen molar-refractivity contribution in [2.45, 2.75) is 5.37 Å². The molecule has 0 saturated carbocycles. The number of hydrogen-bond donors (Lipinski definition) is 5. The second kappa shape index (κ2) is 7.65. The molecular formula is C17H15N3O4S2. The van der Waals surface area contributed by atoms with Gasteiger partial charge in [-0.2, -0.15) is 0 Å². The van der Waals surface area contributed by atoms with Crippen molar-refractivity contribution >= 4 is 29.2 Å². The highest BCUT2D eigenvalue weighted by Crippen LogP contribution is 2.37. The molecular weight excluding hydrogens is 374 g/mol. The van der Waals surface area contributed by atoms with Gasteiger partial charge in [0.1, 0.15) is 10.4 Å². The van der Waals surface area contributed by atoms with Crippen LogP contribution in [0.2, 0.25) is 0 Å². The van der Waals surface area contributed by atoms with Crippen molar-refractivity contribution in [1.29, 1.82) is 0 Å². The molecule has 26 heavy (non-hydrogen) atoms. The van der Waals surface area contributed by atoms with Crippen LogP contribution >= 0.6 is 23.3 Å². The molecule has 1 amide bonds. The van der Waals surface area contributed by atoms with Gasteiger partial charge in [0.2, 0.25) is 5.75 Å². The van der Waals surface area contributed by atoms with Crippen LogP contribution in [0.15, 0.2) is 47.8 Å². The third-order valence-corrected chi connectivity index (χ3v) is 5.35. The number of nitrogens with two attached hydrogens (primary N) is 1. The number of aromatic hydroxyl groups is 3. The monoisotopic (exact) mass is 389 g/mol. The topological polar surface area (TPSA) is 129 Å².